The average molecular weight is 408 g/mol. The molecule has 0 fully saturated rings. The van der Waals surface area contributed by atoms with Crippen LogP contribution in [-0.4, -0.2) is 34.3 Å². The minimum Gasteiger partial charge on any atom is -0.497 e. The summed E-state index contributed by atoms with van der Waals surface area (Å²) in [6, 6.07) is 18.1. The molecule has 0 spiro atoms. The molecule has 0 saturated carbocycles. The molecule has 0 aliphatic heterocycles. The van der Waals surface area contributed by atoms with E-state index in [1.54, 1.807) is 25.3 Å². The van der Waals surface area contributed by atoms with Gasteiger partial charge < -0.3 is 29.6 Å². The number of rotatable bonds is 8. The molecule has 30 heavy (non-hydrogen) atoms. The molecule has 0 aliphatic rings. The fraction of sp³-hybridized carbons (Fsp3) is 0.174. The highest BCUT2D eigenvalue weighted by molar-refractivity contribution is 6.08. The van der Waals surface area contributed by atoms with E-state index in [-0.39, 0.29) is 5.91 Å². The number of ether oxygens (including phenoxy) is 4. The standard InChI is InChI=1S/C23H24N2O5/c1-27-17-11-9-15(10-12-17)24-19-8-6-5-7-18(19)23(26)25-16-13-20(28-2)22(30-4)21(14-16)29-3/h5-14,24H,1-4H3,(H,25,26). The minimum absolute atomic E-state index is 0.277. The van der Waals surface area contributed by atoms with E-state index in [9.17, 15) is 4.79 Å². The molecule has 3 aromatic rings. The summed E-state index contributed by atoms with van der Waals surface area (Å²) in [6.45, 7) is 0. The lowest BCUT2D eigenvalue weighted by molar-refractivity contribution is 0.102. The van der Waals surface area contributed by atoms with Gasteiger partial charge in [0, 0.05) is 23.5 Å². The number of hydrogen-bond acceptors (Lipinski definition) is 6. The van der Waals surface area contributed by atoms with Gasteiger partial charge in [-0.15, -0.1) is 0 Å². The van der Waals surface area contributed by atoms with E-state index >= 15 is 0 Å². The maximum atomic E-state index is 13.0. The summed E-state index contributed by atoms with van der Waals surface area (Å²) in [4.78, 5) is 13.0. The largest absolute Gasteiger partial charge is 0.497 e. The fourth-order valence-electron chi connectivity index (χ4n) is 2.97. The molecule has 7 heteroatoms. The molecule has 3 rings (SSSR count). The van der Waals surface area contributed by atoms with Gasteiger partial charge in [0.05, 0.1) is 39.7 Å². The van der Waals surface area contributed by atoms with Crippen molar-refractivity contribution >= 4 is 23.0 Å². The van der Waals surface area contributed by atoms with Gasteiger partial charge in [0.2, 0.25) is 5.75 Å². The number of benzene rings is 3. The Morgan fingerprint density at radius 1 is 0.733 bits per heavy atom. The minimum atomic E-state index is -0.277. The molecule has 0 saturated heterocycles. The number of amides is 1. The van der Waals surface area contributed by atoms with Gasteiger partial charge in [-0.25, -0.2) is 0 Å². The van der Waals surface area contributed by atoms with Gasteiger partial charge in [-0.1, -0.05) is 12.1 Å². The summed E-state index contributed by atoms with van der Waals surface area (Å²) in [6.07, 6.45) is 0. The zero-order chi connectivity index (χ0) is 21.5. The number of carbonyl (C=O) groups excluding carboxylic acids is 1. The second kappa shape index (κ2) is 9.56. The summed E-state index contributed by atoms with van der Waals surface area (Å²) in [5, 5.41) is 6.16. The van der Waals surface area contributed by atoms with E-state index in [1.807, 2.05) is 42.5 Å². The van der Waals surface area contributed by atoms with Crippen molar-refractivity contribution in [2.45, 2.75) is 0 Å². The third-order valence-corrected chi connectivity index (χ3v) is 4.46. The number of carbonyl (C=O) groups is 1. The van der Waals surface area contributed by atoms with Gasteiger partial charge in [0.1, 0.15) is 5.75 Å². The summed E-state index contributed by atoms with van der Waals surface area (Å²) >= 11 is 0. The first kappa shape index (κ1) is 20.9. The molecule has 0 aromatic heterocycles. The lowest BCUT2D eigenvalue weighted by Gasteiger charge is -2.16. The van der Waals surface area contributed by atoms with Crippen molar-refractivity contribution < 1.29 is 23.7 Å². The third-order valence-electron chi connectivity index (χ3n) is 4.46. The van der Waals surface area contributed by atoms with Gasteiger partial charge in [-0.3, -0.25) is 4.79 Å². The van der Waals surface area contributed by atoms with Crippen molar-refractivity contribution in [1.29, 1.82) is 0 Å². The van der Waals surface area contributed by atoms with Gasteiger partial charge in [0.15, 0.2) is 11.5 Å². The molecule has 2 N–H and O–H groups in total. The molecule has 0 aliphatic carbocycles. The highest BCUT2D eigenvalue weighted by Gasteiger charge is 2.16. The van der Waals surface area contributed by atoms with Crippen LogP contribution in [-0.2, 0) is 0 Å². The second-order valence-electron chi connectivity index (χ2n) is 6.27. The highest BCUT2D eigenvalue weighted by atomic mass is 16.5. The number of anilines is 3. The third kappa shape index (κ3) is 4.57. The van der Waals surface area contributed by atoms with Crippen LogP contribution in [0.25, 0.3) is 0 Å². The Hall–Kier alpha value is -3.87. The molecule has 156 valence electrons. The molecule has 7 nitrogen and oxygen atoms in total. The zero-order valence-electron chi connectivity index (χ0n) is 17.3. The predicted octanol–water partition coefficient (Wildman–Crippen LogP) is 4.72. The Morgan fingerprint density at radius 3 is 1.93 bits per heavy atom. The van der Waals surface area contributed by atoms with Crippen molar-refractivity contribution in [3.05, 3.63) is 66.2 Å². The Labute approximate surface area is 175 Å². The number of nitrogens with one attached hydrogen (secondary N) is 2. The van der Waals surface area contributed by atoms with Crippen LogP contribution in [0.2, 0.25) is 0 Å². The number of hydrogen-bond donors (Lipinski definition) is 2. The van der Waals surface area contributed by atoms with Gasteiger partial charge in [-0.2, -0.15) is 0 Å². The summed E-state index contributed by atoms with van der Waals surface area (Å²) < 4.78 is 21.2. The lowest BCUT2D eigenvalue weighted by Crippen LogP contribution is -2.14. The fourth-order valence-corrected chi connectivity index (χ4v) is 2.97. The van der Waals surface area contributed by atoms with Crippen molar-refractivity contribution in [2.24, 2.45) is 0 Å². The lowest BCUT2D eigenvalue weighted by atomic mass is 10.1. The zero-order valence-corrected chi connectivity index (χ0v) is 17.3. The van der Waals surface area contributed by atoms with Gasteiger partial charge in [0.25, 0.3) is 5.91 Å². The normalized spacial score (nSPS) is 10.1. The summed E-state index contributed by atoms with van der Waals surface area (Å²) in [5.41, 5.74) is 2.52. The topological polar surface area (TPSA) is 78.1 Å². The Morgan fingerprint density at radius 2 is 1.37 bits per heavy atom. The van der Waals surface area contributed by atoms with E-state index in [4.69, 9.17) is 18.9 Å². The first-order chi connectivity index (χ1) is 14.6. The maximum Gasteiger partial charge on any atom is 0.257 e. The van der Waals surface area contributed by atoms with Crippen LogP contribution in [0.1, 0.15) is 10.4 Å². The highest BCUT2D eigenvalue weighted by Crippen LogP contribution is 2.40. The molecule has 0 unspecified atom stereocenters. The Bertz CT molecular complexity index is 993. The van der Waals surface area contributed by atoms with Crippen molar-refractivity contribution in [3.8, 4) is 23.0 Å². The van der Waals surface area contributed by atoms with Crippen molar-refractivity contribution in [3.63, 3.8) is 0 Å². The first-order valence-corrected chi connectivity index (χ1v) is 9.21. The molecule has 0 atom stereocenters. The van der Waals surface area contributed by atoms with E-state index < -0.39 is 0 Å². The molecule has 0 heterocycles. The number of para-hydroxylation sites is 1. The predicted molar refractivity (Wildman–Crippen MR) is 117 cm³/mol. The Kier molecular flexibility index (Phi) is 6.64. The maximum absolute atomic E-state index is 13.0. The van der Waals surface area contributed by atoms with Crippen molar-refractivity contribution in [2.75, 3.05) is 39.1 Å². The Balaban J connectivity index is 1.85. The molecule has 0 bridgehead atoms. The van der Waals surface area contributed by atoms with Crippen LogP contribution in [0.3, 0.4) is 0 Å². The summed E-state index contributed by atoms with van der Waals surface area (Å²) in [7, 11) is 6.19. The second-order valence-corrected chi connectivity index (χ2v) is 6.27. The number of methoxy groups -OCH3 is 4. The molecular formula is C23H24N2O5. The average Bonchev–Trinajstić information content (AvgIpc) is 2.79. The molecule has 0 radical (unpaired) electrons. The quantitative estimate of drug-likeness (QED) is 0.562. The van der Waals surface area contributed by atoms with Crippen LogP contribution in [0.5, 0.6) is 23.0 Å². The van der Waals surface area contributed by atoms with Crippen LogP contribution in [0, 0.1) is 0 Å². The molecular weight excluding hydrogens is 384 g/mol. The van der Waals surface area contributed by atoms with Crippen molar-refractivity contribution in [1.82, 2.24) is 0 Å². The van der Waals surface area contributed by atoms with Crippen LogP contribution in [0.4, 0.5) is 17.1 Å². The van der Waals surface area contributed by atoms with E-state index in [0.717, 1.165) is 11.4 Å². The molecule has 3 aromatic carbocycles. The van der Waals surface area contributed by atoms with E-state index in [0.29, 0.717) is 34.2 Å². The monoisotopic (exact) mass is 408 g/mol. The summed E-state index contributed by atoms with van der Waals surface area (Å²) in [5.74, 6) is 1.85. The van der Waals surface area contributed by atoms with Crippen LogP contribution < -0.4 is 29.6 Å². The smallest absolute Gasteiger partial charge is 0.257 e. The van der Waals surface area contributed by atoms with Crippen LogP contribution >= 0.6 is 0 Å². The van der Waals surface area contributed by atoms with E-state index in [1.165, 1.54) is 21.3 Å². The first-order valence-electron chi connectivity index (χ1n) is 9.21. The van der Waals surface area contributed by atoms with Crippen LogP contribution in [0.15, 0.2) is 60.7 Å². The SMILES string of the molecule is COc1ccc(Nc2ccccc2C(=O)Nc2cc(OC)c(OC)c(OC)c2)cc1. The van der Waals surface area contributed by atoms with E-state index in [2.05, 4.69) is 10.6 Å². The molecule has 1 amide bonds. The van der Waals surface area contributed by atoms with Gasteiger partial charge in [-0.05, 0) is 36.4 Å². The van der Waals surface area contributed by atoms with Gasteiger partial charge >= 0.3 is 0 Å².